The fraction of sp³-hybridized carbons (Fsp3) is 0.438. The molecular weight excluding hydrogens is 336 g/mol. The highest BCUT2D eigenvalue weighted by molar-refractivity contribution is 7.91. The molecule has 0 aliphatic carbocycles. The first-order valence-electron chi connectivity index (χ1n) is 7.65. The zero-order valence-corrected chi connectivity index (χ0v) is 14.5. The van der Waals surface area contributed by atoms with Gasteiger partial charge in [-0.1, -0.05) is 11.6 Å². The van der Waals surface area contributed by atoms with Crippen molar-refractivity contribution in [3.63, 3.8) is 0 Å². The molecule has 1 atom stereocenters. The topological polar surface area (TPSA) is 70.2 Å². The molecule has 0 radical (unpaired) electrons. The molecule has 1 aliphatic rings. The molecule has 1 saturated heterocycles. The van der Waals surface area contributed by atoms with E-state index in [2.05, 4.69) is 4.98 Å². The largest absolute Gasteiger partial charge is 0.361 e. The number of benzene rings is 1. The lowest BCUT2D eigenvalue weighted by Crippen LogP contribution is -2.41. The molecule has 1 aromatic carbocycles. The van der Waals surface area contributed by atoms with Crippen LogP contribution < -0.4 is 0 Å². The van der Waals surface area contributed by atoms with E-state index >= 15 is 0 Å². The van der Waals surface area contributed by atoms with Crippen molar-refractivity contribution in [3.8, 4) is 0 Å². The molecule has 1 N–H and O–H groups in total. The van der Waals surface area contributed by atoms with Gasteiger partial charge in [-0.25, -0.2) is 8.42 Å². The summed E-state index contributed by atoms with van der Waals surface area (Å²) in [6, 6.07) is 5.32. The SMILES string of the molecule is CCN(C(=O)Cc1c[nH]c2ccc(Cl)cc12)C1CCS(=O)(=O)C1. The van der Waals surface area contributed by atoms with Gasteiger partial charge in [-0.3, -0.25) is 4.79 Å². The first-order chi connectivity index (χ1) is 10.9. The van der Waals surface area contributed by atoms with E-state index in [0.29, 0.717) is 18.0 Å². The number of carbonyl (C=O) groups is 1. The first kappa shape index (κ1) is 16.3. The summed E-state index contributed by atoms with van der Waals surface area (Å²) in [4.78, 5) is 17.5. The third-order valence-corrected chi connectivity index (χ3v) is 6.37. The molecule has 1 amide bonds. The number of amides is 1. The molecule has 3 rings (SSSR count). The van der Waals surface area contributed by atoms with Crippen molar-refractivity contribution in [2.75, 3.05) is 18.1 Å². The van der Waals surface area contributed by atoms with Gasteiger partial charge in [0, 0.05) is 34.7 Å². The van der Waals surface area contributed by atoms with Crippen LogP contribution in [0, 0.1) is 0 Å². The molecule has 2 heterocycles. The maximum atomic E-state index is 12.7. The van der Waals surface area contributed by atoms with Crippen molar-refractivity contribution in [1.82, 2.24) is 9.88 Å². The molecule has 1 fully saturated rings. The molecule has 2 aromatic rings. The van der Waals surface area contributed by atoms with Gasteiger partial charge in [0.1, 0.15) is 0 Å². The van der Waals surface area contributed by atoms with Crippen LogP contribution in [-0.2, 0) is 21.1 Å². The van der Waals surface area contributed by atoms with E-state index in [0.717, 1.165) is 16.5 Å². The molecular formula is C16H19ClN2O3S. The minimum Gasteiger partial charge on any atom is -0.361 e. The van der Waals surface area contributed by atoms with Crippen LogP contribution in [0.2, 0.25) is 5.02 Å². The summed E-state index contributed by atoms with van der Waals surface area (Å²) >= 11 is 6.03. The highest BCUT2D eigenvalue weighted by Gasteiger charge is 2.33. The summed E-state index contributed by atoms with van der Waals surface area (Å²) in [5.41, 5.74) is 1.82. The smallest absolute Gasteiger partial charge is 0.227 e. The number of halogens is 1. The molecule has 1 unspecified atom stereocenters. The third-order valence-electron chi connectivity index (χ3n) is 4.38. The van der Waals surface area contributed by atoms with E-state index in [1.807, 2.05) is 25.3 Å². The lowest BCUT2D eigenvalue weighted by Gasteiger charge is -2.26. The molecule has 7 heteroatoms. The minimum absolute atomic E-state index is 0.0459. The van der Waals surface area contributed by atoms with Gasteiger partial charge < -0.3 is 9.88 Å². The summed E-state index contributed by atoms with van der Waals surface area (Å²) in [7, 11) is -3.00. The number of rotatable bonds is 4. The van der Waals surface area contributed by atoms with Crippen molar-refractivity contribution < 1.29 is 13.2 Å². The van der Waals surface area contributed by atoms with E-state index in [-0.39, 0.29) is 29.9 Å². The Morgan fingerprint density at radius 3 is 2.87 bits per heavy atom. The Balaban J connectivity index is 1.80. The molecule has 23 heavy (non-hydrogen) atoms. The quantitative estimate of drug-likeness (QED) is 0.916. The first-order valence-corrected chi connectivity index (χ1v) is 9.85. The highest BCUT2D eigenvalue weighted by Crippen LogP contribution is 2.24. The monoisotopic (exact) mass is 354 g/mol. The number of sulfone groups is 1. The lowest BCUT2D eigenvalue weighted by atomic mass is 10.1. The summed E-state index contributed by atoms with van der Waals surface area (Å²) in [5.74, 6) is 0.201. The average molecular weight is 355 g/mol. The third kappa shape index (κ3) is 3.38. The Hall–Kier alpha value is -1.53. The van der Waals surface area contributed by atoms with Gasteiger partial charge in [0.25, 0.3) is 0 Å². The van der Waals surface area contributed by atoms with Crippen molar-refractivity contribution in [2.24, 2.45) is 0 Å². The molecule has 0 spiro atoms. The average Bonchev–Trinajstić information content (AvgIpc) is 3.03. The predicted octanol–water partition coefficient (Wildman–Crippen LogP) is 2.40. The van der Waals surface area contributed by atoms with Crippen LogP contribution in [0.4, 0.5) is 0 Å². The molecule has 124 valence electrons. The second-order valence-corrected chi connectivity index (χ2v) is 8.58. The molecule has 0 bridgehead atoms. The number of likely N-dealkylation sites (N-methyl/N-ethyl adjacent to an activating group) is 1. The predicted molar refractivity (Wildman–Crippen MR) is 91.5 cm³/mol. The number of carbonyl (C=O) groups excluding carboxylic acids is 1. The van der Waals surface area contributed by atoms with Crippen LogP contribution in [0.25, 0.3) is 10.9 Å². The molecule has 1 aliphatic heterocycles. The van der Waals surface area contributed by atoms with Gasteiger partial charge in [0.2, 0.25) is 5.91 Å². The zero-order valence-electron chi connectivity index (χ0n) is 12.9. The van der Waals surface area contributed by atoms with E-state index in [9.17, 15) is 13.2 Å². The van der Waals surface area contributed by atoms with Gasteiger partial charge in [-0.2, -0.15) is 0 Å². The van der Waals surface area contributed by atoms with Crippen molar-refractivity contribution >= 4 is 38.2 Å². The maximum absolute atomic E-state index is 12.7. The Labute approximate surface area is 140 Å². The van der Waals surface area contributed by atoms with Gasteiger partial charge in [0.05, 0.1) is 17.9 Å². The Morgan fingerprint density at radius 1 is 1.43 bits per heavy atom. The van der Waals surface area contributed by atoms with E-state index in [1.54, 1.807) is 11.0 Å². The summed E-state index contributed by atoms with van der Waals surface area (Å²) < 4.78 is 23.3. The van der Waals surface area contributed by atoms with Crippen molar-refractivity contribution in [1.29, 1.82) is 0 Å². The van der Waals surface area contributed by atoms with Crippen molar-refractivity contribution in [3.05, 3.63) is 35.0 Å². The summed E-state index contributed by atoms with van der Waals surface area (Å²) in [6.45, 7) is 2.40. The second-order valence-electron chi connectivity index (χ2n) is 5.92. The van der Waals surface area contributed by atoms with Crippen molar-refractivity contribution in [2.45, 2.75) is 25.8 Å². The molecule has 5 nitrogen and oxygen atoms in total. The van der Waals surface area contributed by atoms with Gasteiger partial charge in [0.15, 0.2) is 9.84 Å². The maximum Gasteiger partial charge on any atom is 0.227 e. The van der Waals surface area contributed by atoms with Crippen LogP contribution in [0.5, 0.6) is 0 Å². The van der Waals surface area contributed by atoms with Crippen LogP contribution in [0.1, 0.15) is 18.9 Å². The van der Waals surface area contributed by atoms with Crippen LogP contribution in [0.15, 0.2) is 24.4 Å². The van der Waals surface area contributed by atoms with E-state index < -0.39 is 9.84 Å². The van der Waals surface area contributed by atoms with Crippen LogP contribution in [-0.4, -0.2) is 48.3 Å². The second kappa shape index (κ2) is 6.17. The van der Waals surface area contributed by atoms with Gasteiger partial charge in [-0.15, -0.1) is 0 Å². The number of nitrogens with one attached hydrogen (secondary N) is 1. The number of aromatic amines is 1. The Bertz CT molecular complexity index is 844. The Morgan fingerprint density at radius 2 is 2.22 bits per heavy atom. The molecule has 0 saturated carbocycles. The fourth-order valence-corrected chi connectivity index (χ4v) is 5.12. The fourth-order valence-electron chi connectivity index (χ4n) is 3.22. The summed E-state index contributed by atoms with van der Waals surface area (Å²) in [6.07, 6.45) is 2.59. The van der Waals surface area contributed by atoms with E-state index in [1.165, 1.54) is 0 Å². The van der Waals surface area contributed by atoms with Gasteiger partial charge in [-0.05, 0) is 37.1 Å². The number of fused-ring (bicyclic) bond motifs is 1. The standard InChI is InChI=1S/C16H19ClN2O3S/c1-2-19(13-5-6-23(21,22)10-13)16(20)7-11-9-18-15-4-3-12(17)8-14(11)15/h3-4,8-9,13,18H,2,5-7,10H2,1H3. The zero-order chi connectivity index (χ0) is 16.6. The lowest BCUT2D eigenvalue weighted by molar-refractivity contribution is -0.132. The number of H-pyrrole nitrogens is 1. The Kier molecular flexibility index (Phi) is 4.38. The number of aromatic nitrogens is 1. The van der Waals surface area contributed by atoms with Crippen LogP contribution in [0.3, 0.4) is 0 Å². The van der Waals surface area contributed by atoms with Gasteiger partial charge >= 0.3 is 0 Å². The highest BCUT2D eigenvalue weighted by atomic mass is 35.5. The van der Waals surface area contributed by atoms with Crippen LogP contribution >= 0.6 is 11.6 Å². The number of hydrogen-bond donors (Lipinski definition) is 1. The molecule has 1 aromatic heterocycles. The van der Waals surface area contributed by atoms with E-state index in [4.69, 9.17) is 11.6 Å². The minimum atomic E-state index is -3.00. The number of hydrogen-bond acceptors (Lipinski definition) is 3. The number of nitrogens with zero attached hydrogens (tertiary/aromatic N) is 1. The summed E-state index contributed by atoms with van der Waals surface area (Å²) in [5, 5.41) is 1.56. The normalized spacial score (nSPS) is 20.0.